The molecule has 0 aromatic carbocycles. The molecular formula is C11H21N5. The van der Waals surface area contributed by atoms with Crippen molar-refractivity contribution in [1.82, 2.24) is 14.7 Å². The summed E-state index contributed by atoms with van der Waals surface area (Å²) in [5.74, 6) is 0.805. The predicted octanol–water partition coefficient (Wildman–Crippen LogP) is 0.900. The summed E-state index contributed by atoms with van der Waals surface area (Å²) in [4.78, 5) is 2.50. The zero-order valence-corrected chi connectivity index (χ0v) is 9.95. The van der Waals surface area contributed by atoms with Gasteiger partial charge in [-0.1, -0.05) is 6.42 Å². The fourth-order valence-corrected chi connectivity index (χ4v) is 2.16. The number of anilines is 2. The zero-order chi connectivity index (χ0) is 11.4. The Kier molecular flexibility index (Phi) is 3.66. The zero-order valence-electron chi connectivity index (χ0n) is 9.95. The minimum Gasteiger partial charge on any atom is -0.394 e. The van der Waals surface area contributed by atoms with E-state index >= 15 is 0 Å². The van der Waals surface area contributed by atoms with E-state index in [4.69, 9.17) is 5.73 Å². The minimum absolute atomic E-state index is 0.723. The summed E-state index contributed by atoms with van der Waals surface area (Å²) >= 11 is 0. The van der Waals surface area contributed by atoms with Crippen molar-refractivity contribution in [2.45, 2.75) is 19.3 Å². The molecule has 1 aromatic heterocycles. The molecule has 5 heteroatoms. The number of hydrogen-bond acceptors (Lipinski definition) is 4. The number of aromatic nitrogens is 2. The Morgan fingerprint density at radius 1 is 1.38 bits per heavy atom. The van der Waals surface area contributed by atoms with Crippen molar-refractivity contribution >= 4 is 11.5 Å². The smallest absolute Gasteiger partial charge is 0.171 e. The van der Waals surface area contributed by atoms with Crippen LogP contribution in [-0.4, -0.2) is 40.9 Å². The topological polar surface area (TPSA) is 59.1 Å². The van der Waals surface area contributed by atoms with Crippen molar-refractivity contribution in [1.29, 1.82) is 0 Å². The van der Waals surface area contributed by atoms with Gasteiger partial charge in [0.1, 0.15) is 0 Å². The summed E-state index contributed by atoms with van der Waals surface area (Å²) in [5.41, 5.74) is 6.52. The first-order valence-electron chi connectivity index (χ1n) is 6.01. The van der Waals surface area contributed by atoms with E-state index in [-0.39, 0.29) is 0 Å². The van der Waals surface area contributed by atoms with Crippen molar-refractivity contribution < 1.29 is 0 Å². The lowest BCUT2D eigenvalue weighted by Gasteiger charge is -2.26. The lowest BCUT2D eigenvalue weighted by atomic mass is 10.1. The largest absolute Gasteiger partial charge is 0.394 e. The van der Waals surface area contributed by atoms with Crippen LogP contribution in [0.2, 0.25) is 0 Å². The van der Waals surface area contributed by atoms with Gasteiger partial charge in [-0.2, -0.15) is 5.10 Å². The molecule has 0 unspecified atom stereocenters. The Labute approximate surface area is 96.6 Å². The molecule has 5 nitrogen and oxygen atoms in total. The van der Waals surface area contributed by atoms with Gasteiger partial charge in [-0.3, -0.25) is 4.68 Å². The molecular weight excluding hydrogens is 202 g/mol. The average Bonchev–Trinajstić information content (AvgIpc) is 2.59. The number of nitrogen functional groups attached to an aromatic ring is 1. The molecule has 16 heavy (non-hydrogen) atoms. The number of hydrogen-bond donors (Lipinski definition) is 2. The van der Waals surface area contributed by atoms with Crippen LogP contribution >= 0.6 is 0 Å². The third kappa shape index (κ3) is 2.88. The monoisotopic (exact) mass is 223 g/mol. The predicted molar refractivity (Wildman–Crippen MR) is 66.4 cm³/mol. The molecule has 1 aliphatic heterocycles. The first-order chi connectivity index (χ1) is 7.75. The summed E-state index contributed by atoms with van der Waals surface area (Å²) in [6.45, 7) is 4.47. The first-order valence-corrected chi connectivity index (χ1v) is 6.01. The van der Waals surface area contributed by atoms with Crippen LogP contribution in [0.25, 0.3) is 0 Å². The van der Waals surface area contributed by atoms with Crippen LogP contribution in [0.3, 0.4) is 0 Å². The van der Waals surface area contributed by atoms with E-state index in [1.54, 1.807) is 4.68 Å². The highest BCUT2D eigenvalue weighted by molar-refractivity contribution is 5.59. The van der Waals surface area contributed by atoms with Crippen molar-refractivity contribution in [3.05, 3.63) is 6.20 Å². The third-order valence-electron chi connectivity index (χ3n) is 3.03. The second kappa shape index (κ2) is 5.21. The second-order valence-electron chi connectivity index (χ2n) is 4.44. The van der Waals surface area contributed by atoms with E-state index in [9.17, 15) is 0 Å². The highest BCUT2D eigenvalue weighted by atomic mass is 15.3. The van der Waals surface area contributed by atoms with Gasteiger partial charge in [0.15, 0.2) is 5.82 Å². The van der Waals surface area contributed by atoms with E-state index in [1.165, 1.54) is 32.4 Å². The molecule has 0 atom stereocenters. The average molecular weight is 223 g/mol. The van der Waals surface area contributed by atoms with Gasteiger partial charge < -0.3 is 16.0 Å². The van der Waals surface area contributed by atoms with Crippen molar-refractivity contribution in [2.24, 2.45) is 7.05 Å². The Morgan fingerprint density at radius 3 is 2.75 bits per heavy atom. The Hall–Kier alpha value is -1.23. The van der Waals surface area contributed by atoms with Crippen LogP contribution in [0.5, 0.6) is 0 Å². The maximum Gasteiger partial charge on any atom is 0.171 e. The van der Waals surface area contributed by atoms with Crippen LogP contribution in [0.4, 0.5) is 11.5 Å². The molecule has 0 amide bonds. The molecule has 2 heterocycles. The van der Waals surface area contributed by atoms with Crippen molar-refractivity contribution in [3.8, 4) is 0 Å². The molecule has 3 N–H and O–H groups in total. The summed E-state index contributed by atoms with van der Waals surface area (Å²) in [6.07, 6.45) is 5.89. The number of nitrogens with zero attached hydrogens (tertiary/aromatic N) is 3. The van der Waals surface area contributed by atoms with Gasteiger partial charge in [0.05, 0.1) is 5.69 Å². The SMILES string of the molecule is Cn1cc(N)c(NCCN2CCCCC2)n1. The molecule has 1 fully saturated rings. The van der Waals surface area contributed by atoms with Crippen LogP contribution in [0.15, 0.2) is 6.20 Å². The lowest BCUT2D eigenvalue weighted by Crippen LogP contribution is -2.33. The number of piperidine rings is 1. The normalized spacial score (nSPS) is 17.6. The maximum absolute atomic E-state index is 5.80. The summed E-state index contributed by atoms with van der Waals surface area (Å²) in [7, 11) is 1.88. The van der Waals surface area contributed by atoms with E-state index in [0.29, 0.717) is 0 Å². The van der Waals surface area contributed by atoms with E-state index in [0.717, 1.165) is 24.6 Å². The van der Waals surface area contributed by atoms with Crippen LogP contribution < -0.4 is 11.1 Å². The number of nitrogens with one attached hydrogen (secondary N) is 1. The highest BCUT2D eigenvalue weighted by Gasteiger charge is 2.09. The fraction of sp³-hybridized carbons (Fsp3) is 0.727. The fourth-order valence-electron chi connectivity index (χ4n) is 2.16. The van der Waals surface area contributed by atoms with Crippen LogP contribution in [0, 0.1) is 0 Å². The number of nitrogens with two attached hydrogens (primary N) is 1. The Bertz CT molecular complexity index is 327. The number of rotatable bonds is 4. The van der Waals surface area contributed by atoms with E-state index in [1.807, 2.05) is 13.2 Å². The number of likely N-dealkylation sites (tertiary alicyclic amines) is 1. The van der Waals surface area contributed by atoms with Gasteiger partial charge in [-0.25, -0.2) is 0 Å². The molecule has 1 saturated heterocycles. The molecule has 0 saturated carbocycles. The Morgan fingerprint density at radius 2 is 2.12 bits per heavy atom. The minimum atomic E-state index is 0.723. The Balaban J connectivity index is 1.73. The van der Waals surface area contributed by atoms with E-state index < -0.39 is 0 Å². The van der Waals surface area contributed by atoms with Gasteiger partial charge in [-0.05, 0) is 25.9 Å². The standard InChI is InChI=1S/C11H21N5/c1-15-9-10(12)11(14-15)13-5-8-16-6-3-2-4-7-16/h9H,2-8,12H2,1H3,(H,13,14). The molecule has 1 aliphatic rings. The molecule has 0 bridgehead atoms. The van der Waals surface area contributed by atoms with Crippen molar-refractivity contribution in [2.75, 3.05) is 37.2 Å². The van der Waals surface area contributed by atoms with Gasteiger partial charge in [0.2, 0.25) is 0 Å². The third-order valence-corrected chi connectivity index (χ3v) is 3.03. The van der Waals surface area contributed by atoms with Crippen molar-refractivity contribution in [3.63, 3.8) is 0 Å². The van der Waals surface area contributed by atoms with Gasteiger partial charge in [0, 0.05) is 26.3 Å². The molecule has 0 radical (unpaired) electrons. The molecule has 1 aromatic rings. The van der Waals surface area contributed by atoms with Crippen LogP contribution in [-0.2, 0) is 7.05 Å². The first kappa shape index (κ1) is 11.3. The van der Waals surface area contributed by atoms with Crippen LogP contribution in [0.1, 0.15) is 19.3 Å². The van der Waals surface area contributed by atoms with Gasteiger partial charge >= 0.3 is 0 Å². The summed E-state index contributed by atoms with van der Waals surface area (Å²) < 4.78 is 1.73. The maximum atomic E-state index is 5.80. The molecule has 2 rings (SSSR count). The second-order valence-corrected chi connectivity index (χ2v) is 4.44. The quantitative estimate of drug-likeness (QED) is 0.796. The molecule has 90 valence electrons. The van der Waals surface area contributed by atoms with E-state index in [2.05, 4.69) is 15.3 Å². The lowest BCUT2D eigenvalue weighted by molar-refractivity contribution is 0.237. The highest BCUT2D eigenvalue weighted by Crippen LogP contribution is 2.14. The van der Waals surface area contributed by atoms with Gasteiger partial charge in [0.25, 0.3) is 0 Å². The molecule has 0 spiro atoms. The molecule has 0 aliphatic carbocycles. The summed E-state index contributed by atoms with van der Waals surface area (Å²) in [6, 6.07) is 0. The number of aryl methyl sites for hydroxylation is 1. The van der Waals surface area contributed by atoms with Gasteiger partial charge in [-0.15, -0.1) is 0 Å². The summed E-state index contributed by atoms with van der Waals surface area (Å²) in [5, 5.41) is 7.54.